The van der Waals surface area contributed by atoms with Crippen LogP contribution in [0, 0.1) is 10.1 Å². The molecule has 0 saturated heterocycles. The second-order valence-electron chi connectivity index (χ2n) is 7.10. The van der Waals surface area contributed by atoms with Crippen molar-refractivity contribution in [1.29, 1.82) is 0 Å². The maximum atomic E-state index is 12.2. The number of nitrogens with zero attached hydrogens (tertiary/aromatic N) is 5. The monoisotopic (exact) mass is 442 g/mol. The predicted octanol–water partition coefficient (Wildman–Crippen LogP) is 4.59. The standard InChI is InChI=1S/C23H18N6O4/c30-29(31)21-22(27-17-9-10-18-19(12-17)33-15-32-18)25-14-26-23(21)28(20-8-4-5-11-24-20)13-16-6-2-1-3-7-16/h1-12,14H,13,15H2,(H,25,26,27). The molecule has 0 atom stereocenters. The first kappa shape index (κ1) is 20.2. The van der Waals surface area contributed by atoms with Crippen molar-refractivity contribution < 1.29 is 14.4 Å². The first-order chi connectivity index (χ1) is 16.2. The summed E-state index contributed by atoms with van der Waals surface area (Å²) >= 11 is 0. The fourth-order valence-corrected chi connectivity index (χ4v) is 3.48. The Hall–Kier alpha value is -4.73. The molecule has 0 aliphatic carbocycles. The second-order valence-corrected chi connectivity index (χ2v) is 7.10. The number of hydrogen-bond acceptors (Lipinski definition) is 9. The minimum Gasteiger partial charge on any atom is -0.454 e. The molecule has 10 nitrogen and oxygen atoms in total. The van der Waals surface area contributed by atoms with Gasteiger partial charge in [-0.15, -0.1) is 0 Å². The second kappa shape index (κ2) is 8.79. The topological polar surface area (TPSA) is 116 Å². The molecular formula is C23H18N6O4. The summed E-state index contributed by atoms with van der Waals surface area (Å²) < 4.78 is 10.7. The molecule has 2 aromatic carbocycles. The highest BCUT2D eigenvalue weighted by Crippen LogP contribution is 2.39. The maximum absolute atomic E-state index is 12.2. The van der Waals surface area contributed by atoms with E-state index in [9.17, 15) is 10.1 Å². The van der Waals surface area contributed by atoms with Crippen LogP contribution in [0.15, 0.2) is 79.3 Å². The Kier molecular flexibility index (Phi) is 5.38. The average Bonchev–Trinajstić information content (AvgIpc) is 3.31. The van der Waals surface area contributed by atoms with Crippen molar-refractivity contribution in [3.8, 4) is 11.5 Å². The summed E-state index contributed by atoms with van der Waals surface area (Å²) in [6.07, 6.45) is 2.92. The van der Waals surface area contributed by atoms with Crippen LogP contribution < -0.4 is 19.7 Å². The molecule has 0 radical (unpaired) electrons. The number of hydrogen-bond donors (Lipinski definition) is 1. The number of nitro groups is 1. The lowest BCUT2D eigenvalue weighted by Gasteiger charge is -2.23. The number of fused-ring (bicyclic) bond motifs is 1. The first-order valence-electron chi connectivity index (χ1n) is 10.1. The Morgan fingerprint density at radius 1 is 0.970 bits per heavy atom. The van der Waals surface area contributed by atoms with E-state index >= 15 is 0 Å². The van der Waals surface area contributed by atoms with Crippen LogP contribution >= 0.6 is 0 Å². The average molecular weight is 442 g/mol. The van der Waals surface area contributed by atoms with Crippen molar-refractivity contribution in [2.24, 2.45) is 0 Å². The van der Waals surface area contributed by atoms with Gasteiger partial charge in [0, 0.05) is 18.0 Å². The molecule has 1 N–H and O–H groups in total. The SMILES string of the molecule is O=[N+]([O-])c1c(Nc2ccc3c(c2)OCO3)ncnc1N(Cc1ccccc1)c1ccccn1. The van der Waals surface area contributed by atoms with E-state index in [2.05, 4.69) is 20.3 Å². The van der Waals surface area contributed by atoms with E-state index < -0.39 is 4.92 Å². The first-order valence-corrected chi connectivity index (χ1v) is 10.1. The third-order valence-corrected chi connectivity index (χ3v) is 4.99. The summed E-state index contributed by atoms with van der Waals surface area (Å²) in [6, 6.07) is 20.2. The van der Waals surface area contributed by atoms with Gasteiger partial charge in [0.05, 0.1) is 11.5 Å². The number of anilines is 4. The summed E-state index contributed by atoms with van der Waals surface area (Å²) in [6.45, 7) is 0.467. The lowest BCUT2D eigenvalue weighted by molar-refractivity contribution is -0.383. The Morgan fingerprint density at radius 2 is 1.79 bits per heavy atom. The van der Waals surface area contributed by atoms with Gasteiger partial charge in [-0.2, -0.15) is 0 Å². The van der Waals surface area contributed by atoms with Crippen molar-refractivity contribution in [3.05, 3.63) is 94.9 Å². The van der Waals surface area contributed by atoms with Crippen molar-refractivity contribution >= 4 is 28.8 Å². The zero-order valence-corrected chi connectivity index (χ0v) is 17.3. The van der Waals surface area contributed by atoms with Crippen molar-refractivity contribution in [2.45, 2.75) is 6.54 Å². The Morgan fingerprint density at radius 3 is 2.58 bits per heavy atom. The van der Waals surface area contributed by atoms with E-state index in [1.807, 2.05) is 36.4 Å². The molecule has 33 heavy (non-hydrogen) atoms. The fourth-order valence-electron chi connectivity index (χ4n) is 3.48. The smallest absolute Gasteiger partial charge is 0.354 e. The molecule has 5 rings (SSSR count). The van der Waals surface area contributed by atoms with Gasteiger partial charge in [-0.05, 0) is 29.8 Å². The predicted molar refractivity (Wildman–Crippen MR) is 121 cm³/mol. The highest BCUT2D eigenvalue weighted by atomic mass is 16.7. The molecule has 1 aliphatic rings. The molecule has 0 fully saturated rings. The highest BCUT2D eigenvalue weighted by Gasteiger charge is 2.29. The quantitative estimate of drug-likeness (QED) is 0.324. The molecule has 0 unspecified atom stereocenters. The molecule has 4 aromatic rings. The molecule has 0 spiro atoms. The van der Waals surface area contributed by atoms with Crippen LogP contribution in [-0.4, -0.2) is 26.7 Å². The van der Waals surface area contributed by atoms with Crippen LogP contribution in [0.1, 0.15) is 5.56 Å². The number of pyridine rings is 1. The molecule has 0 saturated carbocycles. The van der Waals surface area contributed by atoms with Crippen molar-refractivity contribution in [3.63, 3.8) is 0 Å². The Labute approximate surface area is 188 Å². The van der Waals surface area contributed by atoms with Crippen LogP contribution in [0.5, 0.6) is 11.5 Å². The Balaban J connectivity index is 1.57. The van der Waals surface area contributed by atoms with E-state index in [0.29, 0.717) is 29.5 Å². The number of ether oxygens (including phenoxy) is 2. The van der Waals surface area contributed by atoms with E-state index in [1.54, 1.807) is 41.4 Å². The lowest BCUT2D eigenvalue weighted by atomic mass is 10.2. The largest absolute Gasteiger partial charge is 0.454 e. The van der Waals surface area contributed by atoms with Gasteiger partial charge in [0.1, 0.15) is 12.1 Å². The summed E-state index contributed by atoms with van der Waals surface area (Å²) in [4.78, 5) is 26.2. The fraction of sp³-hybridized carbons (Fsp3) is 0.0870. The zero-order chi connectivity index (χ0) is 22.6. The third-order valence-electron chi connectivity index (χ3n) is 4.99. The van der Waals surface area contributed by atoms with Crippen LogP contribution in [0.4, 0.5) is 28.8 Å². The van der Waals surface area contributed by atoms with Gasteiger partial charge in [-0.25, -0.2) is 15.0 Å². The van der Waals surface area contributed by atoms with Gasteiger partial charge < -0.3 is 19.7 Å². The van der Waals surface area contributed by atoms with Gasteiger partial charge in [0.15, 0.2) is 11.5 Å². The van der Waals surface area contributed by atoms with Crippen molar-refractivity contribution in [2.75, 3.05) is 17.0 Å². The maximum Gasteiger partial charge on any atom is 0.354 e. The zero-order valence-electron chi connectivity index (χ0n) is 17.3. The summed E-state index contributed by atoms with van der Waals surface area (Å²) in [5.41, 5.74) is 1.25. The molecule has 3 heterocycles. The molecule has 0 amide bonds. The summed E-state index contributed by atoms with van der Waals surface area (Å²) in [5, 5.41) is 15.2. The van der Waals surface area contributed by atoms with Crippen LogP contribution in [-0.2, 0) is 6.54 Å². The van der Waals surface area contributed by atoms with Gasteiger partial charge in [0.25, 0.3) is 0 Å². The molecule has 1 aliphatic heterocycles. The van der Waals surface area contributed by atoms with Gasteiger partial charge in [-0.1, -0.05) is 36.4 Å². The van der Waals surface area contributed by atoms with Crippen LogP contribution in [0.25, 0.3) is 0 Å². The van der Waals surface area contributed by atoms with E-state index in [-0.39, 0.29) is 24.1 Å². The number of benzene rings is 2. The molecule has 2 aromatic heterocycles. The number of aromatic nitrogens is 3. The summed E-state index contributed by atoms with van der Waals surface area (Å²) in [7, 11) is 0. The van der Waals surface area contributed by atoms with Crippen LogP contribution in [0.3, 0.4) is 0 Å². The van der Waals surface area contributed by atoms with E-state index in [4.69, 9.17) is 9.47 Å². The van der Waals surface area contributed by atoms with Gasteiger partial charge in [-0.3, -0.25) is 10.1 Å². The molecule has 10 heteroatoms. The molecule has 0 bridgehead atoms. The van der Waals surface area contributed by atoms with Crippen LogP contribution in [0.2, 0.25) is 0 Å². The lowest BCUT2D eigenvalue weighted by Crippen LogP contribution is -2.21. The minimum atomic E-state index is -0.494. The highest BCUT2D eigenvalue weighted by molar-refractivity contribution is 5.78. The van der Waals surface area contributed by atoms with E-state index in [1.165, 1.54) is 6.33 Å². The molecular weight excluding hydrogens is 424 g/mol. The molecule has 164 valence electrons. The summed E-state index contributed by atoms with van der Waals surface area (Å²) in [5.74, 6) is 1.87. The van der Waals surface area contributed by atoms with Crippen molar-refractivity contribution in [1.82, 2.24) is 15.0 Å². The minimum absolute atomic E-state index is 0.0536. The number of rotatable bonds is 7. The van der Waals surface area contributed by atoms with Gasteiger partial charge >= 0.3 is 5.69 Å². The van der Waals surface area contributed by atoms with E-state index in [0.717, 1.165) is 5.56 Å². The third kappa shape index (κ3) is 4.22. The number of nitrogens with one attached hydrogen (secondary N) is 1. The normalized spacial score (nSPS) is 11.8. The van der Waals surface area contributed by atoms with Gasteiger partial charge in [0.2, 0.25) is 18.4 Å². The Bertz CT molecular complexity index is 1290.